The Morgan fingerprint density at radius 2 is 2.00 bits per heavy atom. The van der Waals surface area contributed by atoms with Gasteiger partial charge in [0.2, 0.25) is 5.91 Å². The van der Waals surface area contributed by atoms with Gasteiger partial charge in [0.25, 0.3) is 5.91 Å². The van der Waals surface area contributed by atoms with Crippen LogP contribution in [0.4, 0.5) is 10.2 Å². The van der Waals surface area contributed by atoms with E-state index in [-0.39, 0.29) is 35.9 Å². The molecule has 9 nitrogen and oxygen atoms in total. The monoisotopic (exact) mass is 452 g/mol. The van der Waals surface area contributed by atoms with Gasteiger partial charge in [-0.3, -0.25) is 14.3 Å². The normalized spacial score (nSPS) is 18.7. The SMILES string of the molecule is CO[C@H]1CCN(C(=O)Cn2nc(C3CN(C(=O)c4cc(N)ncc4F)C3)c3ccccc32)C1. The number of nitrogens with two attached hydrogens (primary N) is 1. The molecule has 3 aromatic rings. The van der Waals surface area contributed by atoms with Crippen LogP contribution in [-0.2, 0) is 16.1 Å². The van der Waals surface area contributed by atoms with Crippen molar-refractivity contribution in [2.75, 3.05) is 39.0 Å². The number of aromatic nitrogens is 3. The summed E-state index contributed by atoms with van der Waals surface area (Å²) in [5.41, 5.74) is 7.24. The highest BCUT2D eigenvalue weighted by Gasteiger charge is 2.36. The number of pyridine rings is 1. The maximum Gasteiger partial charge on any atom is 0.257 e. The highest BCUT2D eigenvalue weighted by atomic mass is 19.1. The fourth-order valence-electron chi connectivity index (χ4n) is 4.56. The van der Waals surface area contributed by atoms with Gasteiger partial charge in [0.05, 0.1) is 29.1 Å². The van der Waals surface area contributed by atoms with Crippen molar-refractivity contribution < 1.29 is 18.7 Å². The topological polar surface area (TPSA) is 107 Å². The fraction of sp³-hybridized carbons (Fsp3) is 0.391. The molecule has 172 valence electrons. The summed E-state index contributed by atoms with van der Waals surface area (Å²) in [5.74, 6) is -1.00. The third-order valence-corrected chi connectivity index (χ3v) is 6.46. The van der Waals surface area contributed by atoms with Gasteiger partial charge in [-0.1, -0.05) is 18.2 Å². The van der Waals surface area contributed by atoms with E-state index in [1.165, 1.54) is 6.07 Å². The lowest BCUT2D eigenvalue weighted by Crippen LogP contribution is -2.49. The average Bonchev–Trinajstić information content (AvgIpc) is 3.40. The van der Waals surface area contributed by atoms with Crippen LogP contribution in [0.3, 0.4) is 0 Å². The van der Waals surface area contributed by atoms with Gasteiger partial charge in [-0.25, -0.2) is 9.37 Å². The molecule has 2 saturated heterocycles. The number of nitrogen functional groups attached to an aromatic ring is 1. The van der Waals surface area contributed by atoms with Crippen LogP contribution in [0.15, 0.2) is 36.5 Å². The second-order valence-electron chi connectivity index (χ2n) is 8.54. The van der Waals surface area contributed by atoms with E-state index in [1.807, 2.05) is 29.2 Å². The van der Waals surface area contributed by atoms with Crippen molar-refractivity contribution in [2.45, 2.75) is 25.0 Å². The number of para-hydroxylation sites is 1. The Morgan fingerprint density at radius 1 is 1.21 bits per heavy atom. The Hall–Kier alpha value is -3.53. The molecule has 2 aliphatic rings. The largest absolute Gasteiger partial charge is 0.384 e. The summed E-state index contributed by atoms with van der Waals surface area (Å²) in [6.07, 6.45) is 1.88. The molecule has 2 N–H and O–H groups in total. The van der Waals surface area contributed by atoms with Crippen LogP contribution in [0, 0.1) is 5.82 Å². The smallest absolute Gasteiger partial charge is 0.257 e. The van der Waals surface area contributed by atoms with Gasteiger partial charge >= 0.3 is 0 Å². The quantitative estimate of drug-likeness (QED) is 0.631. The molecule has 4 heterocycles. The van der Waals surface area contributed by atoms with Crippen LogP contribution in [0.5, 0.6) is 0 Å². The number of hydrogen-bond donors (Lipinski definition) is 1. The van der Waals surface area contributed by atoms with Crippen molar-refractivity contribution in [1.82, 2.24) is 24.6 Å². The predicted octanol–water partition coefficient (Wildman–Crippen LogP) is 1.64. The lowest BCUT2D eigenvalue weighted by Gasteiger charge is -2.38. The minimum atomic E-state index is -0.691. The second-order valence-corrected chi connectivity index (χ2v) is 8.54. The summed E-state index contributed by atoms with van der Waals surface area (Å²) >= 11 is 0. The number of carbonyl (C=O) groups is 2. The summed E-state index contributed by atoms with van der Waals surface area (Å²) in [6, 6.07) is 9.02. The van der Waals surface area contributed by atoms with Gasteiger partial charge in [0.15, 0.2) is 5.82 Å². The number of fused-ring (bicyclic) bond motifs is 1. The fourth-order valence-corrected chi connectivity index (χ4v) is 4.56. The molecule has 0 spiro atoms. The Morgan fingerprint density at radius 3 is 2.76 bits per heavy atom. The van der Waals surface area contributed by atoms with Crippen molar-refractivity contribution in [3.8, 4) is 0 Å². The molecule has 2 amide bonds. The minimum absolute atomic E-state index is 0.00195. The Kier molecular flexibility index (Phi) is 5.45. The maximum absolute atomic E-state index is 14.0. The van der Waals surface area contributed by atoms with Crippen LogP contribution in [0.1, 0.15) is 28.4 Å². The Labute approximate surface area is 189 Å². The van der Waals surface area contributed by atoms with Crippen LogP contribution >= 0.6 is 0 Å². The van der Waals surface area contributed by atoms with Crippen LogP contribution in [0.2, 0.25) is 0 Å². The van der Waals surface area contributed by atoms with E-state index in [4.69, 9.17) is 15.6 Å². The van der Waals surface area contributed by atoms with Crippen molar-refractivity contribution >= 4 is 28.5 Å². The van der Waals surface area contributed by atoms with Crippen molar-refractivity contribution in [3.05, 3.63) is 53.6 Å². The van der Waals surface area contributed by atoms with Crippen molar-refractivity contribution in [2.24, 2.45) is 0 Å². The van der Waals surface area contributed by atoms with Gasteiger partial charge in [0.1, 0.15) is 12.4 Å². The summed E-state index contributed by atoms with van der Waals surface area (Å²) in [6.45, 7) is 2.25. The summed E-state index contributed by atoms with van der Waals surface area (Å²) in [7, 11) is 1.66. The molecule has 2 fully saturated rings. The van der Waals surface area contributed by atoms with E-state index >= 15 is 0 Å². The molecule has 5 rings (SSSR count). The number of halogens is 1. The van der Waals surface area contributed by atoms with Crippen LogP contribution in [0.25, 0.3) is 10.9 Å². The van der Waals surface area contributed by atoms with Crippen LogP contribution < -0.4 is 5.73 Å². The minimum Gasteiger partial charge on any atom is -0.384 e. The number of methoxy groups -OCH3 is 1. The number of carbonyl (C=O) groups excluding carboxylic acids is 2. The van der Waals surface area contributed by atoms with Gasteiger partial charge in [0, 0.05) is 44.6 Å². The summed E-state index contributed by atoms with van der Waals surface area (Å²) in [4.78, 5) is 32.6. The highest BCUT2D eigenvalue weighted by molar-refractivity contribution is 5.96. The molecule has 0 saturated carbocycles. The first-order valence-corrected chi connectivity index (χ1v) is 10.9. The standard InChI is InChI=1S/C23H25FN6O3/c1-33-15-6-7-28(12-15)21(31)13-30-19-5-3-2-4-16(19)22(27-30)14-10-29(11-14)23(32)17-8-20(25)26-9-18(17)24/h2-5,8-9,14-15H,6-7,10-13H2,1H3,(H2,25,26)/t15-/m0/s1. The maximum atomic E-state index is 14.0. The summed E-state index contributed by atoms with van der Waals surface area (Å²) in [5, 5.41) is 5.71. The number of anilines is 1. The molecule has 2 aliphatic heterocycles. The van der Waals surface area contributed by atoms with Crippen LogP contribution in [-0.4, -0.2) is 75.8 Å². The van der Waals surface area contributed by atoms with Gasteiger partial charge in [-0.2, -0.15) is 5.10 Å². The molecule has 0 aliphatic carbocycles. The van der Waals surface area contributed by atoms with E-state index in [0.717, 1.165) is 29.2 Å². The van der Waals surface area contributed by atoms with E-state index in [0.29, 0.717) is 26.2 Å². The molecular formula is C23H25FN6O3. The van der Waals surface area contributed by atoms with E-state index in [9.17, 15) is 14.0 Å². The molecular weight excluding hydrogens is 427 g/mol. The number of likely N-dealkylation sites (tertiary alicyclic amines) is 2. The third-order valence-electron chi connectivity index (χ3n) is 6.46. The molecule has 0 bridgehead atoms. The number of ether oxygens (including phenoxy) is 1. The summed E-state index contributed by atoms with van der Waals surface area (Å²) < 4.78 is 21.1. The molecule has 33 heavy (non-hydrogen) atoms. The molecule has 2 aromatic heterocycles. The first-order chi connectivity index (χ1) is 15.9. The first-order valence-electron chi connectivity index (χ1n) is 10.9. The average molecular weight is 452 g/mol. The van der Waals surface area contributed by atoms with Gasteiger partial charge < -0.3 is 20.3 Å². The second kappa shape index (κ2) is 8.43. The van der Waals surface area contributed by atoms with Crippen molar-refractivity contribution in [1.29, 1.82) is 0 Å². The highest BCUT2D eigenvalue weighted by Crippen LogP contribution is 2.33. The number of amides is 2. The zero-order chi connectivity index (χ0) is 23.1. The molecule has 1 atom stereocenters. The predicted molar refractivity (Wildman–Crippen MR) is 119 cm³/mol. The zero-order valence-corrected chi connectivity index (χ0v) is 18.3. The van der Waals surface area contributed by atoms with E-state index in [1.54, 1.807) is 16.7 Å². The third kappa shape index (κ3) is 3.91. The first kappa shape index (κ1) is 21.3. The molecule has 10 heteroatoms. The molecule has 1 aromatic carbocycles. The number of hydrogen-bond acceptors (Lipinski definition) is 6. The molecule has 0 unspecified atom stereocenters. The number of rotatable bonds is 5. The number of nitrogens with zero attached hydrogens (tertiary/aromatic N) is 5. The van der Waals surface area contributed by atoms with Gasteiger partial charge in [-0.05, 0) is 18.6 Å². The van der Waals surface area contributed by atoms with Crippen molar-refractivity contribution in [3.63, 3.8) is 0 Å². The lowest BCUT2D eigenvalue weighted by atomic mass is 9.93. The zero-order valence-electron chi connectivity index (χ0n) is 18.3. The van der Waals surface area contributed by atoms with E-state index in [2.05, 4.69) is 4.98 Å². The lowest BCUT2D eigenvalue weighted by molar-refractivity contribution is -0.131. The number of benzene rings is 1. The Bertz CT molecular complexity index is 1220. The Balaban J connectivity index is 1.32. The van der Waals surface area contributed by atoms with Gasteiger partial charge in [-0.15, -0.1) is 0 Å². The van der Waals surface area contributed by atoms with E-state index < -0.39 is 11.7 Å². The molecule has 0 radical (unpaired) electrons.